The molecule has 2 N–H and O–H groups in total. The highest BCUT2D eigenvalue weighted by atomic mass is 15.1. The molecule has 0 aromatic heterocycles. The van der Waals surface area contributed by atoms with Crippen molar-refractivity contribution in [2.75, 3.05) is 0 Å². The Morgan fingerprint density at radius 2 is 1.92 bits per heavy atom. The summed E-state index contributed by atoms with van der Waals surface area (Å²) in [6, 6.07) is 0. The van der Waals surface area contributed by atoms with Gasteiger partial charge in [0.1, 0.15) is 0 Å². The number of nitrogens with zero attached hydrogens (tertiary/aromatic N) is 1. The van der Waals surface area contributed by atoms with Crippen LogP contribution in [0.1, 0.15) is 27.7 Å². The molecular formula is C10H18N2. The topological polar surface area (TPSA) is 38.4 Å². The van der Waals surface area contributed by atoms with Gasteiger partial charge in [0.05, 0.1) is 5.71 Å². The summed E-state index contributed by atoms with van der Waals surface area (Å²) in [6.45, 7) is 8.24. The lowest BCUT2D eigenvalue weighted by Crippen LogP contribution is -1.94. The third-order valence-corrected chi connectivity index (χ3v) is 1.72. The van der Waals surface area contributed by atoms with Gasteiger partial charge in [-0.3, -0.25) is 0 Å². The summed E-state index contributed by atoms with van der Waals surface area (Å²) in [5.41, 5.74) is 2.15. The fraction of sp³-hybridized carbons (Fsp3) is 0.500. The Balaban J connectivity index is 4.32. The molecule has 0 saturated carbocycles. The normalized spacial score (nSPS) is 14.8. The molecule has 0 aromatic carbocycles. The van der Waals surface area contributed by atoms with Gasteiger partial charge in [0.2, 0.25) is 0 Å². The molecule has 2 nitrogen and oxygen atoms in total. The van der Waals surface area contributed by atoms with Crippen LogP contribution in [-0.4, -0.2) is 5.71 Å². The van der Waals surface area contributed by atoms with Crippen molar-refractivity contribution < 1.29 is 0 Å². The molecule has 0 fully saturated rings. The maximum Gasteiger partial charge on any atom is 0.0569 e. The molecule has 12 heavy (non-hydrogen) atoms. The van der Waals surface area contributed by atoms with Crippen LogP contribution < -0.4 is 5.84 Å². The zero-order valence-corrected chi connectivity index (χ0v) is 8.33. The average Bonchev–Trinajstić information content (AvgIpc) is 2.04. The lowest BCUT2D eigenvalue weighted by molar-refractivity contribution is 0.790. The summed E-state index contributed by atoms with van der Waals surface area (Å²) >= 11 is 0. The predicted octanol–water partition coefficient (Wildman–Crippen LogP) is 2.48. The molecule has 0 aromatic rings. The zero-order valence-electron chi connectivity index (χ0n) is 8.33. The molecule has 0 spiro atoms. The minimum atomic E-state index is 0.553. The molecular weight excluding hydrogens is 148 g/mol. The van der Waals surface area contributed by atoms with E-state index in [4.69, 9.17) is 5.84 Å². The van der Waals surface area contributed by atoms with Gasteiger partial charge in [-0.25, -0.2) is 0 Å². The lowest BCUT2D eigenvalue weighted by atomic mass is 10.0. The summed E-state index contributed by atoms with van der Waals surface area (Å²) < 4.78 is 0. The van der Waals surface area contributed by atoms with Crippen LogP contribution >= 0.6 is 0 Å². The monoisotopic (exact) mass is 166 g/mol. The van der Waals surface area contributed by atoms with Crippen molar-refractivity contribution in [2.24, 2.45) is 16.9 Å². The maximum atomic E-state index is 5.09. The second-order valence-corrected chi connectivity index (χ2v) is 3.05. The number of hydrazone groups is 1. The Labute approximate surface area is 74.8 Å². The van der Waals surface area contributed by atoms with Crippen molar-refractivity contribution in [3.05, 3.63) is 23.8 Å². The standard InChI is InChI=1S/C10H18N2/c1-5-10(8(2)3)7-6-9(4)12-11/h5-8H,11H2,1-4H3/b7-6-,10-5+,12-9+. The van der Waals surface area contributed by atoms with E-state index >= 15 is 0 Å². The van der Waals surface area contributed by atoms with E-state index in [1.54, 1.807) is 0 Å². The van der Waals surface area contributed by atoms with Gasteiger partial charge in [0.15, 0.2) is 0 Å². The van der Waals surface area contributed by atoms with Crippen LogP contribution in [0.4, 0.5) is 0 Å². The van der Waals surface area contributed by atoms with Gasteiger partial charge in [-0.2, -0.15) is 5.10 Å². The number of hydrogen-bond acceptors (Lipinski definition) is 2. The molecule has 0 unspecified atom stereocenters. The molecule has 0 aliphatic heterocycles. The Morgan fingerprint density at radius 1 is 1.33 bits per heavy atom. The van der Waals surface area contributed by atoms with Crippen LogP contribution in [0.15, 0.2) is 28.9 Å². The number of nitrogens with two attached hydrogens (primary N) is 1. The van der Waals surface area contributed by atoms with Crippen LogP contribution in [0.3, 0.4) is 0 Å². The second-order valence-electron chi connectivity index (χ2n) is 3.05. The van der Waals surface area contributed by atoms with Gasteiger partial charge in [-0.15, -0.1) is 0 Å². The average molecular weight is 166 g/mol. The molecule has 0 aliphatic carbocycles. The Morgan fingerprint density at radius 3 is 2.25 bits per heavy atom. The summed E-state index contributed by atoms with van der Waals surface area (Å²) in [4.78, 5) is 0. The van der Waals surface area contributed by atoms with Gasteiger partial charge >= 0.3 is 0 Å². The SMILES string of the molecule is C\C=C(/C=C\C(C)=N\N)C(C)C. The van der Waals surface area contributed by atoms with E-state index in [1.807, 2.05) is 19.9 Å². The molecule has 0 rings (SSSR count). The molecule has 0 radical (unpaired) electrons. The predicted molar refractivity (Wildman–Crippen MR) is 55.0 cm³/mol. The van der Waals surface area contributed by atoms with E-state index in [0.717, 1.165) is 5.71 Å². The van der Waals surface area contributed by atoms with Crippen molar-refractivity contribution >= 4 is 5.71 Å². The fourth-order valence-electron chi connectivity index (χ4n) is 0.882. The van der Waals surface area contributed by atoms with Crippen molar-refractivity contribution in [3.8, 4) is 0 Å². The third-order valence-electron chi connectivity index (χ3n) is 1.72. The van der Waals surface area contributed by atoms with Crippen molar-refractivity contribution in [1.29, 1.82) is 0 Å². The molecule has 68 valence electrons. The quantitative estimate of drug-likeness (QED) is 0.297. The lowest BCUT2D eigenvalue weighted by Gasteiger charge is -2.04. The van der Waals surface area contributed by atoms with Crippen LogP contribution in [0.5, 0.6) is 0 Å². The van der Waals surface area contributed by atoms with Gasteiger partial charge in [-0.1, -0.05) is 26.0 Å². The highest BCUT2D eigenvalue weighted by Gasteiger charge is 1.96. The number of hydrogen-bond donors (Lipinski definition) is 1. The molecule has 0 aliphatic rings. The van der Waals surface area contributed by atoms with Crippen LogP contribution in [0.25, 0.3) is 0 Å². The molecule has 0 saturated heterocycles. The molecule has 0 amide bonds. The van der Waals surface area contributed by atoms with E-state index in [1.165, 1.54) is 5.57 Å². The molecule has 0 heterocycles. The fourth-order valence-corrected chi connectivity index (χ4v) is 0.882. The number of allylic oxidation sites excluding steroid dienone is 4. The first-order valence-corrected chi connectivity index (χ1v) is 4.20. The van der Waals surface area contributed by atoms with E-state index in [0.29, 0.717) is 5.92 Å². The molecule has 0 atom stereocenters. The van der Waals surface area contributed by atoms with Crippen molar-refractivity contribution in [1.82, 2.24) is 0 Å². The van der Waals surface area contributed by atoms with E-state index in [-0.39, 0.29) is 0 Å². The van der Waals surface area contributed by atoms with Gasteiger partial charge < -0.3 is 5.84 Å². The van der Waals surface area contributed by atoms with Gasteiger partial charge in [-0.05, 0) is 31.4 Å². The minimum absolute atomic E-state index is 0.553. The third kappa shape index (κ3) is 3.96. The highest BCUT2D eigenvalue weighted by molar-refractivity contribution is 5.92. The van der Waals surface area contributed by atoms with E-state index in [9.17, 15) is 0 Å². The minimum Gasteiger partial charge on any atom is -0.323 e. The Hall–Kier alpha value is -1.05. The summed E-state index contributed by atoms with van der Waals surface area (Å²) in [5.74, 6) is 5.65. The summed E-state index contributed by atoms with van der Waals surface area (Å²) in [5, 5.41) is 3.56. The van der Waals surface area contributed by atoms with Crippen LogP contribution in [0, 0.1) is 5.92 Å². The Bertz CT molecular complexity index is 210. The van der Waals surface area contributed by atoms with Gasteiger partial charge in [0, 0.05) is 0 Å². The van der Waals surface area contributed by atoms with Crippen LogP contribution in [0.2, 0.25) is 0 Å². The smallest absolute Gasteiger partial charge is 0.0569 e. The first-order chi connectivity index (χ1) is 5.61. The van der Waals surface area contributed by atoms with Crippen molar-refractivity contribution in [3.63, 3.8) is 0 Å². The Kier molecular flexibility index (Phi) is 5.09. The maximum absolute atomic E-state index is 5.09. The molecule has 0 bridgehead atoms. The molecule has 2 heteroatoms. The van der Waals surface area contributed by atoms with E-state index < -0.39 is 0 Å². The van der Waals surface area contributed by atoms with E-state index in [2.05, 4.69) is 31.1 Å². The van der Waals surface area contributed by atoms with Crippen LogP contribution in [-0.2, 0) is 0 Å². The second kappa shape index (κ2) is 5.58. The summed E-state index contributed by atoms with van der Waals surface area (Å²) in [7, 11) is 0. The van der Waals surface area contributed by atoms with Crippen molar-refractivity contribution in [2.45, 2.75) is 27.7 Å². The first kappa shape index (κ1) is 11.0. The number of rotatable bonds is 3. The highest BCUT2D eigenvalue weighted by Crippen LogP contribution is 2.10. The largest absolute Gasteiger partial charge is 0.323 e. The van der Waals surface area contributed by atoms with Gasteiger partial charge in [0.25, 0.3) is 0 Å². The first-order valence-electron chi connectivity index (χ1n) is 4.20. The zero-order chi connectivity index (χ0) is 9.56. The summed E-state index contributed by atoms with van der Waals surface area (Å²) in [6.07, 6.45) is 6.08.